The van der Waals surface area contributed by atoms with Crippen molar-refractivity contribution in [2.75, 3.05) is 13.4 Å². The minimum absolute atomic E-state index is 0. The first kappa shape index (κ1) is 13.7. The molecule has 0 atom stereocenters. The van der Waals surface area contributed by atoms with Crippen LogP contribution >= 0.6 is 35.7 Å². The first-order valence-corrected chi connectivity index (χ1v) is 4.88. The molecule has 14 heavy (non-hydrogen) atoms. The van der Waals surface area contributed by atoms with Gasteiger partial charge in [-0.15, -0.1) is 35.7 Å². The van der Waals surface area contributed by atoms with Gasteiger partial charge in [0.15, 0.2) is 0 Å². The van der Waals surface area contributed by atoms with Crippen molar-refractivity contribution >= 4 is 40.8 Å². The fourth-order valence-corrected chi connectivity index (χ4v) is 1.35. The molecule has 1 rings (SSSR count). The largest absolute Gasteiger partial charge is 0.496 e. The highest BCUT2D eigenvalue weighted by Gasteiger charge is 2.08. The molecule has 0 unspecified atom stereocenters. The molecule has 0 aliphatic heterocycles. The fourth-order valence-electron chi connectivity index (χ4n) is 0.968. The molecule has 0 radical (unpaired) electrons. The molecule has 0 spiro atoms. The Morgan fingerprint density at radius 1 is 1.50 bits per heavy atom. The molecular weight excluding hydrogens is 316 g/mol. The zero-order valence-corrected chi connectivity index (χ0v) is 11.0. The number of benzene rings is 1. The van der Waals surface area contributed by atoms with E-state index < -0.39 is 0 Å². The Bertz CT molecular complexity index is 333. The number of hydrogen-bond acceptors (Lipinski definition) is 3. The highest BCUT2D eigenvalue weighted by molar-refractivity contribution is 14.0. The van der Waals surface area contributed by atoms with Crippen LogP contribution in [0.4, 0.5) is 4.39 Å². The maximum Gasteiger partial charge on any atom is 0.128 e. The van der Waals surface area contributed by atoms with Crippen molar-refractivity contribution in [3.8, 4) is 5.75 Å². The molecule has 5 heteroatoms. The normalized spacial score (nSPS) is 9.07. The molecule has 0 aliphatic rings. The second kappa shape index (κ2) is 6.23. The lowest BCUT2D eigenvalue weighted by molar-refractivity contribution is 0.413. The summed E-state index contributed by atoms with van der Waals surface area (Å²) in [6, 6.07) is 4.14. The molecule has 78 valence electrons. The van der Waals surface area contributed by atoms with E-state index in [0.29, 0.717) is 16.4 Å². The number of nitrogens with one attached hydrogen (secondary N) is 1. The first-order chi connectivity index (χ1) is 6.19. The Morgan fingerprint density at radius 2 is 2.14 bits per heavy atom. The van der Waals surface area contributed by atoms with Gasteiger partial charge in [0.2, 0.25) is 0 Å². The number of ether oxygens (including phenoxy) is 1. The Kier molecular flexibility index (Phi) is 6.10. The molecule has 1 N–H and O–H groups in total. The SMILES string of the molecule is COc1ccc(F)cc1C(=N)SC.I. The van der Waals surface area contributed by atoms with Crippen molar-refractivity contribution in [2.24, 2.45) is 0 Å². The van der Waals surface area contributed by atoms with E-state index in [1.807, 2.05) is 0 Å². The molecule has 0 aliphatic carbocycles. The van der Waals surface area contributed by atoms with Gasteiger partial charge in [-0.3, -0.25) is 5.41 Å². The average Bonchev–Trinajstić information content (AvgIpc) is 2.16. The third-order valence-electron chi connectivity index (χ3n) is 1.61. The smallest absolute Gasteiger partial charge is 0.128 e. The van der Waals surface area contributed by atoms with E-state index in [9.17, 15) is 4.39 Å². The molecule has 0 bridgehead atoms. The molecule has 1 aromatic rings. The van der Waals surface area contributed by atoms with Gasteiger partial charge < -0.3 is 4.74 Å². The predicted octanol–water partition coefficient (Wildman–Crippen LogP) is 3.14. The summed E-state index contributed by atoms with van der Waals surface area (Å²) in [4.78, 5) is 0. The quantitative estimate of drug-likeness (QED) is 0.514. The van der Waals surface area contributed by atoms with Crippen LogP contribution in [0, 0.1) is 11.2 Å². The second-order valence-corrected chi connectivity index (χ2v) is 3.19. The van der Waals surface area contributed by atoms with Crippen LogP contribution in [0.3, 0.4) is 0 Å². The Hall–Kier alpha value is -0.300. The van der Waals surface area contributed by atoms with Gasteiger partial charge in [0.25, 0.3) is 0 Å². The zero-order valence-electron chi connectivity index (χ0n) is 7.83. The van der Waals surface area contributed by atoms with Gasteiger partial charge in [0.05, 0.1) is 17.7 Å². The van der Waals surface area contributed by atoms with Gasteiger partial charge in [0, 0.05) is 0 Å². The van der Waals surface area contributed by atoms with Crippen LogP contribution in [0.2, 0.25) is 0 Å². The summed E-state index contributed by atoms with van der Waals surface area (Å²) in [6.07, 6.45) is 1.77. The highest BCUT2D eigenvalue weighted by Crippen LogP contribution is 2.22. The zero-order chi connectivity index (χ0) is 9.84. The van der Waals surface area contributed by atoms with Crippen molar-refractivity contribution in [3.63, 3.8) is 0 Å². The molecule has 1 aromatic carbocycles. The lowest BCUT2D eigenvalue weighted by Gasteiger charge is -2.07. The van der Waals surface area contributed by atoms with Crippen LogP contribution in [0.15, 0.2) is 18.2 Å². The highest BCUT2D eigenvalue weighted by atomic mass is 127. The Balaban J connectivity index is 0.00000169. The summed E-state index contributed by atoms with van der Waals surface area (Å²) < 4.78 is 17.8. The van der Waals surface area contributed by atoms with Crippen LogP contribution in [-0.2, 0) is 0 Å². The number of methoxy groups -OCH3 is 1. The monoisotopic (exact) mass is 327 g/mol. The lowest BCUT2D eigenvalue weighted by Crippen LogP contribution is -1.98. The molecule has 0 heterocycles. The van der Waals surface area contributed by atoms with Crippen LogP contribution in [0.1, 0.15) is 5.56 Å². The van der Waals surface area contributed by atoms with Crippen molar-refractivity contribution < 1.29 is 9.13 Å². The van der Waals surface area contributed by atoms with Gasteiger partial charge in [0.1, 0.15) is 11.6 Å². The second-order valence-electron chi connectivity index (χ2n) is 2.38. The van der Waals surface area contributed by atoms with Crippen molar-refractivity contribution in [1.82, 2.24) is 0 Å². The number of halogens is 2. The lowest BCUT2D eigenvalue weighted by atomic mass is 10.2. The molecule has 2 nitrogen and oxygen atoms in total. The maximum absolute atomic E-state index is 12.8. The third kappa shape index (κ3) is 3.13. The van der Waals surface area contributed by atoms with Gasteiger partial charge in [-0.1, -0.05) is 0 Å². The average molecular weight is 327 g/mol. The molecular formula is C9H11FINOS. The summed E-state index contributed by atoms with van der Waals surface area (Å²) in [5.41, 5.74) is 0.495. The molecule has 0 aromatic heterocycles. The van der Waals surface area contributed by atoms with Gasteiger partial charge in [-0.25, -0.2) is 4.39 Å². The summed E-state index contributed by atoms with van der Waals surface area (Å²) in [5.74, 6) is 0.176. The molecule has 0 saturated carbocycles. The van der Waals surface area contributed by atoms with Crippen molar-refractivity contribution in [2.45, 2.75) is 0 Å². The predicted molar refractivity (Wildman–Crippen MR) is 68.7 cm³/mol. The fraction of sp³-hybridized carbons (Fsp3) is 0.222. The Labute approximate surface area is 104 Å². The molecule has 0 amide bonds. The minimum atomic E-state index is -0.352. The van der Waals surface area contributed by atoms with Crippen LogP contribution in [0.5, 0.6) is 5.75 Å². The minimum Gasteiger partial charge on any atom is -0.496 e. The van der Waals surface area contributed by atoms with Crippen LogP contribution in [0.25, 0.3) is 0 Å². The standard InChI is InChI=1S/C9H10FNOS.HI/c1-12-8-4-3-6(10)5-7(8)9(11)13-2;/h3-5,11H,1-2H3;1H. The van der Waals surface area contributed by atoms with Gasteiger partial charge >= 0.3 is 0 Å². The van der Waals surface area contributed by atoms with E-state index in [0.717, 1.165) is 0 Å². The van der Waals surface area contributed by atoms with Crippen LogP contribution < -0.4 is 4.74 Å². The summed E-state index contributed by atoms with van der Waals surface area (Å²) in [6.45, 7) is 0. The van der Waals surface area contributed by atoms with E-state index >= 15 is 0 Å². The topological polar surface area (TPSA) is 33.1 Å². The van der Waals surface area contributed by atoms with E-state index in [1.165, 1.54) is 37.1 Å². The van der Waals surface area contributed by atoms with Crippen molar-refractivity contribution in [3.05, 3.63) is 29.6 Å². The van der Waals surface area contributed by atoms with Gasteiger partial charge in [-0.2, -0.15) is 0 Å². The summed E-state index contributed by atoms with van der Waals surface area (Å²) in [7, 11) is 1.50. The number of hydrogen-bond donors (Lipinski definition) is 1. The van der Waals surface area contributed by atoms with Crippen LogP contribution in [-0.4, -0.2) is 18.4 Å². The van der Waals surface area contributed by atoms with Gasteiger partial charge in [-0.05, 0) is 24.5 Å². The number of rotatable bonds is 2. The Morgan fingerprint density at radius 3 is 2.64 bits per heavy atom. The maximum atomic E-state index is 12.8. The summed E-state index contributed by atoms with van der Waals surface area (Å²) >= 11 is 1.25. The van der Waals surface area contributed by atoms with Crippen molar-refractivity contribution in [1.29, 1.82) is 5.41 Å². The summed E-state index contributed by atoms with van der Waals surface area (Å²) in [5, 5.41) is 7.84. The third-order valence-corrected chi connectivity index (χ3v) is 2.24. The van der Waals surface area contributed by atoms with E-state index in [2.05, 4.69) is 0 Å². The van der Waals surface area contributed by atoms with E-state index in [-0.39, 0.29) is 29.8 Å². The van der Waals surface area contributed by atoms with E-state index in [4.69, 9.17) is 10.1 Å². The molecule has 0 fully saturated rings. The first-order valence-electron chi connectivity index (χ1n) is 3.65. The number of thioether (sulfide) groups is 1. The van der Waals surface area contributed by atoms with E-state index in [1.54, 1.807) is 6.26 Å². The molecule has 0 saturated heterocycles.